The Morgan fingerprint density at radius 1 is 1.43 bits per heavy atom. The van der Waals surface area contributed by atoms with Gasteiger partial charge in [0.15, 0.2) is 0 Å². The topological polar surface area (TPSA) is 41.1 Å². The van der Waals surface area contributed by atoms with E-state index in [4.69, 9.17) is 0 Å². The second-order valence-electron chi connectivity index (χ2n) is 3.48. The van der Waals surface area contributed by atoms with Crippen molar-refractivity contribution in [3.8, 4) is 0 Å². The molecule has 14 heavy (non-hydrogen) atoms. The summed E-state index contributed by atoms with van der Waals surface area (Å²) in [5.74, 6) is 0. The minimum absolute atomic E-state index is 0.898. The van der Waals surface area contributed by atoms with Crippen LogP contribution in [0.3, 0.4) is 0 Å². The van der Waals surface area contributed by atoms with E-state index in [0.29, 0.717) is 0 Å². The fourth-order valence-electron chi connectivity index (χ4n) is 1.13. The Labute approximate surface area is 89.5 Å². The molecule has 0 bridgehead atoms. The molecular formula is C9H18N4S. The Morgan fingerprint density at radius 2 is 2.21 bits per heavy atom. The van der Waals surface area contributed by atoms with Gasteiger partial charge in [-0.2, -0.15) is 0 Å². The van der Waals surface area contributed by atoms with E-state index in [2.05, 4.69) is 40.8 Å². The zero-order valence-electron chi connectivity index (χ0n) is 9.08. The molecule has 0 saturated heterocycles. The molecule has 1 rings (SSSR count). The molecule has 1 heterocycles. The van der Waals surface area contributed by atoms with E-state index in [1.807, 2.05) is 0 Å². The summed E-state index contributed by atoms with van der Waals surface area (Å²) >= 11 is 1.50. The fourth-order valence-corrected chi connectivity index (χ4v) is 1.83. The lowest BCUT2D eigenvalue weighted by atomic mass is 10.3. The van der Waals surface area contributed by atoms with Crippen LogP contribution in [0.25, 0.3) is 0 Å². The molecule has 1 aromatic heterocycles. The van der Waals surface area contributed by atoms with Gasteiger partial charge in [0.2, 0.25) is 0 Å². The van der Waals surface area contributed by atoms with Crippen molar-refractivity contribution in [2.75, 3.05) is 27.2 Å². The van der Waals surface area contributed by atoms with Crippen molar-refractivity contribution in [3.05, 3.63) is 10.6 Å². The molecular weight excluding hydrogens is 196 g/mol. The van der Waals surface area contributed by atoms with Gasteiger partial charge in [-0.15, -0.1) is 5.10 Å². The summed E-state index contributed by atoms with van der Waals surface area (Å²) < 4.78 is 3.95. The minimum atomic E-state index is 0.898. The number of nitrogens with one attached hydrogen (secondary N) is 1. The number of likely N-dealkylation sites (N-methyl/N-ethyl adjacent to an activating group) is 1. The molecule has 0 spiro atoms. The summed E-state index contributed by atoms with van der Waals surface area (Å²) in [6.45, 7) is 5.08. The number of nitrogens with zero attached hydrogens (tertiary/aromatic N) is 3. The largest absolute Gasteiger partial charge is 0.310 e. The maximum absolute atomic E-state index is 4.07. The lowest BCUT2D eigenvalue weighted by Gasteiger charge is -2.09. The van der Waals surface area contributed by atoms with Crippen LogP contribution in [0.5, 0.6) is 0 Å². The van der Waals surface area contributed by atoms with E-state index in [1.54, 1.807) is 0 Å². The predicted octanol–water partition coefficient (Wildman–Crippen LogP) is 0.752. The third-order valence-corrected chi connectivity index (χ3v) is 2.75. The summed E-state index contributed by atoms with van der Waals surface area (Å²) in [5, 5.41) is 7.45. The molecule has 0 aromatic carbocycles. The maximum Gasteiger partial charge on any atom is 0.0797 e. The number of rotatable bonds is 6. The van der Waals surface area contributed by atoms with Crippen LogP contribution in [0.1, 0.15) is 17.5 Å². The first-order valence-electron chi connectivity index (χ1n) is 4.89. The lowest BCUT2D eigenvalue weighted by molar-refractivity contribution is 0.400. The highest BCUT2D eigenvalue weighted by Gasteiger charge is 2.04. The molecule has 5 heteroatoms. The van der Waals surface area contributed by atoms with Crippen molar-refractivity contribution >= 4 is 11.5 Å². The van der Waals surface area contributed by atoms with Gasteiger partial charge in [0, 0.05) is 19.6 Å². The van der Waals surface area contributed by atoms with Crippen LogP contribution in [-0.4, -0.2) is 41.7 Å². The van der Waals surface area contributed by atoms with Crippen LogP contribution in [0, 0.1) is 0 Å². The molecule has 0 unspecified atom stereocenters. The molecule has 1 N–H and O–H groups in total. The highest BCUT2D eigenvalue weighted by Crippen LogP contribution is 2.09. The van der Waals surface area contributed by atoms with E-state index in [0.717, 1.165) is 31.7 Å². The first kappa shape index (κ1) is 11.6. The third kappa shape index (κ3) is 3.69. The maximum atomic E-state index is 4.07. The van der Waals surface area contributed by atoms with Crippen LogP contribution < -0.4 is 5.32 Å². The Morgan fingerprint density at radius 3 is 2.86 bits per heavy atom. The quantitative estimate of drug-likeness (QED) is 0.710. The van der Waals surface area contributed by atoms with Crippen molar-refractivity contribution in [1.29, 1.82) is 0 Å². The smallest absolute Gasteiger partial charge is 0.0797 e. The van der Waals surface area contributed by atoms with E-state index in [-0.39, 0.29) is 0 Å². The summed E-state index contributed by atoms with van der Waals surface area (Å²) in [6.07, 6.45) is 0.973. The first-order valence-corrected chi connectivity index (χ1v) is 5.67. The zero-order valence-corrected chi connectivity index (χ0v) is 9.89. The minimum Gasteiger partial charge on any atom is -0.310 e. The second-order valence-corrected chi connectivity index (χ2v) is 4.32. The Bertz CT molecular complexity index is 259. The van der Waals surface area contributed by atoms with Gasteiger partial charge in [0.1, 0.15) is 0 Å². The molecule has 0 aliphatic carbocycles. The van der Waals surface area contributed by atoms with Crippen molar-refractivity contribution in [3.63, 3.8) is 0 Å². The normalized spacial score (nSPS) is 11.1. The number of hydrogen-bond donors (Lipinski definition) is 1. The van der Waals surface area contributed by atoms with Crippen molar-refractivity contribution in [2.45, 2.75) is 19.9 Å². The molecule has 0 radical (unpaired) electrons. The van der Waals surface area contributed by atoms with Gasteiger partial charge in [0.25, 0.3) is 0 Å². The third-order valence-electron chi connectivity index (χ3n) is 1.99. The van der Waals surface area contributed by atoms with Crippen molar-refractivity contribution < 1.29 is 0 Å². The monoisotopic (exact) mass is 214 g/mol. The molecule has 0 aliphatic rings. The summed E-state index contributed by atoms with van der Waals surface area (Å²) in [6, 6.07) is 0. The average molecular weight is 214 g/mol. The van der Waals surface area contributed by atoms with Crippen LogP contribution in [0.15, 0.2) is 0 Å². The standard InChI is InChI=1S/C9H18N4S/c1-4-8-9(14-12-11-8)7-10-5-6-13(2)3/h10H,4-7H2,1-3H3. The van der Waals surface area contributed by atoms with Crippen molar-refractivity contribution in [1.82, 2.24) is 19.8 Å². The van der Waals surface area contributed by atoms with Crippen molar-refractivity contribution in [2.24, 2.45) is 0 Å². The molecule has 0 aliphatic heterocycles. The van der Waals surface area contributed by atoms with Crippen LogP contribution in [-0.2, 0) is 13.0 Å². The van der Waals surface area contributed by atoms with Crippen LogP contribution in [0.2, 0.25) is 0 Å². The van der Waals surface area contributed by atoms with Crippen LogP contribution in [0.4, 0.5) is 0 Å². The van der Waals surface area contributed by atoms with Gasteiger partial charge < -0.3 is 10.2 Å². The van der Waals surface area contributed by atoms with Gasteiger partial charge in [0.05, 0.1) is 10.6 Å². The first-order chi connectivity index (χ1) is 6.74. The van der Waals surface area contributed by atoms with Gasteiger partial charge in [-0.3, -0.25) is 0 Å². The lowest BCUT2D eigenvalue weighted by Crippen LogP contribution is -2.26. The Kier molecular flexibility index (Phi) is 5.00. The number of aryl methyl sites for hydroxylation is 1. The SMILES string of the molecule is CCc1nnsc1CNCCN(C)C. The van der Waals surface area contributed by atoms with Crippen LogP contribution >= 0.6 is 11.5 Å². The second kappa shape index (κ2) is 6.06. The van der Waals surface area contributed by atoms with Gasteiger partial charge in [-0.1, -0.05) is 11.4 Å². The summed E-state index contributed by atoms with van der Waals surface area (Å²) in [7, 11) is 4.15. The highest BCUT2D eigenvalue weighted by molar-refractivity contribution is 7.05. The summed E-state index contributed by atoms with van der Waals surface area (Å²) in [4.78, 5) is 3.44. The number of hydrogen-bond acceptors (Lipinski definition) is 5. The fraction of sp³-hybridized carbons (Fsp3) is 0.778. The van der Waals surface area contributed by atoms with Gasteiger partial charge in [-0.25, -0.2) is 0 Å². The Hall–Kier alpha value is -0.520. The average Bonchev–Trinajstić information content (AvgIpc) is 2.59. The van der Waals surface area contributed by atoms with Gasteiger partial charge in [-0.05, 0) is 32.0 Å². The van der Waals surface area contributed by atoms with E-state index < -0.39 is 0 Å². The molecule has 0 fully saturated rings. The predicted molar refractivity (Wildman–Crippen MR) is 59.5 cm³/mol. The Balaban J connectivity index is 2.24. The molecule has 1 aromatic rings. The summed E-state index contributed by atoms with van der Waals surface area (Å²) in [5.41, 5.74) is 1.13. The highest BCUT2D eigenvalue weighted by atomic mass is 32.1. The van der Waals surface area contributed by atoms with E-state index in [1.165, 1.54) is 16.4 Å². The molecule has 80 valence electrons. The van der Waals surface area contributed by atoms with E-state index in [9.17, 15) is 0 Å². The van der Waals surface area contributed by atoms with E-state index >= 15 is 0 Å². The molecule has 0 amide bonds. The molecule has 0 atom stereocenters. The van der Waals surface area contributed by atoms with Gasteiger partial charge >= 0.3 is 0 Å². The zero-order chi connectivity index (χ0) is 10.4. The molecule has 0 saturated carbocycles. The molecule has 4 nitrogen and oxygen atoms in total. The number of aromatic nitrogens is 2.